The number of rotatable bonds is 4. The lowest BCUT2D eigenvalue weighted by molar-refractivity contribution is -0.152. The fraction of sp³-hybridized carbons (Fsp3) is 0.588. The van der Waals surface area contributed by atoms with E-state index in [1.165, 1.54) is 6.42 Å². The van der Waals surface area contributed by atoms with Gasteiger partial charge in [-0.2, -0.15) is 0 Å². The van der Waals surface area contributed by atoms with Gasteiger partial charge in [-0.3, -0.25) is 4.79 Å². The molecule has 0 spiro atoms. The molecule has 1 atom stereocenters. The van der Waals surface area contributed by atoms with Crippen LogP contribution in [-0.2, 0) is 4.79 Å². The molecule has 1 saturated carbocycles. The summed E-state index contributed by atoms with van der Waals surface area (Å²) >= 11 is 0. The average Bonchev–Trinajstić information content (AvgIpc) is 2.42. The lowest BCUT2D eigenvalue weighted by Crippen LogP contribution is -2.33. The van der Waals surface area contributed by atoms with Crippen molar-refractivity contribution in [2.45, 2.75) is 57.5 Å². The second-order valence-electron chi connectivity index (χ2n) is 5.98. The predicted octanol–water partition coefficient (Wildman–Crippen LogP) is 3.93. The van der Waals surface area contributed by atoms with E-state index in [2.05, 4.69) is 0 Å². The largest absolute Gasteiger partial charge is 0.481 e. The van der Waals surface area contributed by atoms with Gasteiger partial charge in [0.15, 0.2) is 0 Å². The van der Waals surface area contributed by atoms with Crippen LogP contribution in [0.2, 0.25) is 0 Å². The number of aliphatic hydroxyl groups excluding tert-OH is 1. The zero-order valence-electron chi connectivity index (χ0n) is 11.9. The van der Waals surface area contributed by atoms with Crippen molar-refractivity contribution in [2.75, 3.05) is 0 Å². The third kappa shape index (κ3) is 3.60. The highest BCUT2D eigenvalue weighted by molar-refractivity contribution is 5.74. The molecular weight excluding hydrogens is 252 g/mol. The molecule has 20 heavy (non-hydrogen) atoms. The molecule has 1 aromatic rings. The van der Waals surface area contributed by atoms with Crippen LogP contribution in [0.25, 0.3) is 0 Å². The van der Waals surface area contributed by atoms with Gasteiger partial charge >= 0.3 is 5.97 Å². The van der Waals surface area contributed by atoms with Crippen molar-refractivity contribution in [3.63, 3.8) is 0 Å². The Morgan fingerprint density at radius 2 is 1.60 bits per heavy atom. The monoisotopic (exact) mass is 276 g/mol. The number of carbonyl (C=O) groups is 1. The number of benzene rings is 1. The number of aliphatic hydroxyl groups is 1. The van der Waals surface area contributed by atoms with Crippen LogP contribution in [0.1, 0.15) is 63.0 Å². The van der Waals surface area contributed by atoms with E-state index in [1.54, 1.807) is 0 Å². The Labute approximate surface area is 120 Å². The normalized spacial score (nSPS) is 20.6. The van der Waals surface area contributed by atoms with E-state index >= 15 is 0 Å². The number of carboxylic acids is 1. The molecule has 0 heterocycles. The molecule has 2 rings (SSSR count). The van der Waals surface area contributed by atoms with Gasteiger partial charge in [0.1, 0.15) is 0 Å². The number of hydrogen-bond donors (Lipinski definition) is 2. The number of aliphatic carboxylic acids is 1. The summed E-state index contributed by atoms with van der Waals surface area (Å²) < 4.78 is 0. The van der Waals surface area contributed by atoms with E-state index in [0.717, 1.165) is 31.2 Å². The van der Waals surface area contributed by atoms with Gasteiger partial charge in [0.25, 0.3) is 0 Å². The van der Waals surface area contributed by atoms with Crippen molar-refractivity contribution in [3.05, 3.63) is 35.9 Å². The fourth-order valence-corrected chi connectivity index (χ4v) is 3.25. The second-order valence-corrected chi connectivity index (χ2v) is 5.98. The minimum Gasteiger partial charge on any atom is -0.481 e. The summed E-state index contributed by atoms with van der Waals surface area (Å²) in [6.45, 7) is 0. The molecule has 0 aliphatic heterocycles. The van der Waals surface area contributed by atoms with Gasteiger partial charge in [0.05, 0.1) is 11.5 Å². The highest BCUT2D eigenvalue weighted by Gasteiger charge is 2.40. The number of carboxylic acid groups (broad SMARTS) is 1. The fourth-order valence-electron chi connectivity index (χ4n) is 3.25. The van der Waals surface area contributed by atoms with Gasteiger partial charge in [0, 0.05) is 0 Å². The van der Waals surface area contributed by atoms with Gasteiger partial charge in [0.2, 0.25) is 0 Å². The molecule has 0 aromatic heterocycles. The van der Waals surface area contributed by atoms with Gasteiger partial charge in [-0.05, 0) is 24.8 Å². The first-order valence-electron chi connectivity index (χ1n) is 7.60. The highest BCUT2D eigenvalue weighted by Crippen LogP contribution is 2.41. The Morgan fingerprint density at radius 1 is 1.05 bits per heavy atom. The van der Waals surface area contributed by atoms with Crippen LogP contribution in [0.5, 0.6) is 0 Å². The minimum absolute atomic E-state index is 0.326. The average molecular weight is 276 g/mol. The van der Waals surface area contributed by atoms with Crippen molar-refractivity contribution < 1.29 is 15.0 Å². The van der Waals surface area contributed by atoms with Crippen LogP contribution >= 0.6 is 0 Å². The second kappa shape index (κ2) is 6.89. The molecule has 1 aliphatic carbocycles. The first-order valence-corrected chi connectivity index (χ1v) is 7.60. The van der Waals surface area contributed by atoms with Crippen molar-refractivity contribution in [1.29, 1.82) is 0 Å². The molecule has 0 amide bonds. The molecule has 1 aromatic carbocycles. The molecule has 3 nitrogen and oxygen atoms in total. The molecule has 1 fully saturated rings. The maximum atomic E-state index is 11.8. The summed E-state index contributed by atoms with van der Waals surface area (Å²) in [5, 5.41) is 20.1. The van der Waals surface area contributed by atoms with E-state index in [9.17, 15) is 15.0 Å². The van der Waals surface area contributed by atoms with E-state index in [0.29, 0.717) is 19.3 Å². The quantitative estimate of drug-likeness (QED) is 0.876. The standard InChI is InChI=1S/C17H24O3/c18-15(14-9-5-4-6-10-14)13-17(16(19)20)11-7-2-1-3-8-12-17/h4-6,9-10,15,18H,1-3,7-8,11-13H2,(H,19,20). The Morgan fingerprint density at radius 3 is 2.15 bits per heavy atom. The zero-order chi connectivity index (χ0) is 14.4. The first-order chi connectivity index (χ1) is 9.64. The molecule has 0 bridgehead atoms. The lowest BCUT2D eigenvalue weighted by atomic mass is 9.72. The molecular formula is C17H24O3. The van der Waals surface area contributed by atoms with Gasteiger partial charge in [-0.1, -0.05) is 62.4 Å². The lowest BCUT2D eigenvalue weighted by Gasteiger charge is -2.33. The summed E-state index contributed by atoms with van der Waals surface area (Å²) in [5.74, 6) is -0.741. The van der Waals surface area contributed by atoms with Crippen LogP contribution in [0.3, 0.4) is 0 Å². The van der Waals surface area contributed by atoms with Gasteiger partial charge in [-0.15, -0.1) is 0 Å². The maximum Gasteiger partial charge on any atom is 0.309 e. The maximum absolute atomic E-state index is 11.8. The zero-order valence-corrected chi connectivity index (χ0v) is 11.9. The summed E-state index contributed by atoms with van der Waals surface area (Å²) in [5.41, 5.74) is 0.0607. The topological polar surface area (TPSA) is 57.5 Å². The Balaban J connectivity index is 2.13. The van der Waals surface area contributed by atoms with Crippen LogP contribution in [0.15, 0.2) is 30.3 Å². The van der Waals surface area contributed by atoms with Crippen LogP contribution in [-0.4, -0.2) is 16.2 Å². The van der Waals surface area contributed by atoms with Crippen LogP contribution < -0.4 is 0 Å². The van der Waals surface area contributed by atoms with Crippen molar-refractivity contribution in [3.8, 4) is 0 Å². The molecule has 3 heteroatoms. The van der Waals surface area contributed by atoms with Gasteiger partial charge in [-0.25, -0.2) is 0 Å². The SMILES string of the molecule is O=C(O)C1(CC(O)c2ccccc2)CCCCCCC1. The molecule has 1 aliphatic rings. The smallest absolute Gasteiger partial charge is 0.309 e. The van der Waals surface area contributed by atoms with Crippen LogP contribution in [0, 0.1) is 5.41 Å². The molecule has 0 saturated heterocycles. The van der Waals surface area contributed by atoms with Crippen LogP contribution in [0.4, 0.5) is 0 Å². The summed E-state index contributed by atoms with van der Waals surface area (Å²) in [6.07, 6.45) is 6.34. The van der Waals surface area contributed by atoms with E-state index in [4.69, 9.17) is 0 Å². The van der Waals surface area contributed by atoms with E-state index < -0.39 is 17.5 Å². The van der Waals surface area contributed by atoms with E-state index in [-0.39, 0.29) is 0 Å². The number of hydrogen-bond acceptors (Lipinski definition) is 2. The Kier molecular flexibility index (Phi) is 5.18. The third-order valence-corrected chi connectivity index (χ3v) is 4.53. The van der Waals surface area contributed by atoms with Gasteiger partial charge < -0.3 is 10.2 Å². The molecule has 0 radical (unpaired) electrons. The Hall–Kier alpha value is -1.35. The third-order valence-electron chi connectivity index (χ3n) is 4.53. The van der Waals surface area contributed by atoms with E-state index in [1.807, 2.05) is 30.3 Å². The molecule has 110 valence electrons. The first kappa shape index (κ1) is 15.0. The summed E-state index contributed by atoms with van der Waals surface area (Å²) in [7, 11) is 0. The van der Waals surface area contributed by atoms with Crippen molar-refractivity contribution >= 4 is 5.97 Å². The highest BCUT2D eigenvalue weighted by atomic mass is 16.4. The minimum atomic E-state index is -0.754. The summed E-state index contributed by atoms with van der Waals surface area (Å²) in [6, 6.07) is 9.39. The van der Waals surface area contributed by atoms with Crippen molar-refractivity contribution in [2.24, 2.45) is 5.41 Å². The van der Waals surface area contributed by atoms with Crippen molar-refractivity contribution in [1.82, 2.24) is 0 Å². The Bertz CT molecular complexity index is 419. The molecule has 1 unspecified atom stereocenters. The molecule has 2 N–H and O–H groups in total. The predicted molar refractivity (Wildman–Crippen MR) is 78.4 cm³/mol. The summed E-state index contributed by atoms with van der Waals surface area (Å²) in [4.78, 5) is 11.8.